The van der Waals surface area contributed by atoms with Crippen LogP contribution in [0.15, 0.2) is 24.3 Å². The van der Waals surface area contributed by atoms with Gasteiger partial charge in [-0.05, 0) is 26.8 Å². The number of benzene rings is 1. The second kappa shape index (κ2) is 6.35. The first-order chi connectivity index (χ1) is 9.90. The van der Waals surface area contributed by atoms with Crippen LogP contribution in [-0.4, -0.2) is 37.9 Å². The zero-order chi connectivity index (χ0) is 15.5. The maximum atomic E-state index is 12.0. The average Bonchev–Trinajstić information content (AvgIpc) is 2.84. The van der Waals surface area contributed by atoms with Crippen LogP contribution in [0.2, 0.25) is 0 Å². The van der Waals surface area contributed by atoms with Crippen LogP contribution in [0.4, 0.5) is 4.79 Å². The predicted molar refractivity (Wildman–Crippen MR) is 81.8 cm³/mol. The Kier molecular flexibility index (Phi) is 4.73. The zero-order valence-corrected chi connectivity index (χ0v) is 13.1. The molecule has 5 heteroatoms. The van der Waals surface area contributed by atoms with E-state index in [4.69, 9.17) is 9.47 Å². The minimum atomic E-state index is -0.490. The molecule has 0 aromatic heterocycles. The van der Waals surface area contributed by atoms with E-state index >= 15 is 0 Å². The molecule has 1 fully saturated rings. The molecule has 0 aliphatic carbocycles. The van der Waals surface area contributed by atoms with Crippen molar-refractivity contribution in [1.29, 1.82) is 0 Å². The van der Waals surface area contributed by atoms with E-state index in [0.29, 0.717) is 0 Å². The van der Waals surface area contributed by atoms with Gasteiger partial charge in [0.2, 0.25) is 0 Å². The molecule has 2 rings (SSSR count). The van der Waals surface area contributed by atoms with Gasteiger partial charge in [0.1, 0.15) is 11.4 Å². The van der Waals surface area contributed by atoms with Gasteiger partial charge in [-0.1, -0.05) is 18.2 Å². The summed E-state index contributed by atoms with van der Waals surface area (Å²) < 4.78 is 10.8. The summed E-state index contributed by atoms with van der Waals surface area (Å²) in [6.45, 7) is 7.11. The van der Waals surface area contributed by atoms with Gasteiger partial charge in [0, 0.05) is 24.6 Å². The van der Waals surface area contributed by atoms with E-state index in [0.717, 1.165) is 24.4 Å². The summed E-state index contributed by atoms with van der Waals surface area (Å²) in [5.74, 6) is 1.02. The second-order valence-corrected chi connectivity index (χ2v) is 6.26. The third-order valence-corrected chi connectivity index (χ3v) is 3.45. The summed E-state index contributed by atoms with van der Waals surface area (Å²) in [7, 11) is 1.66. The van der Waals surface area contributed by atoms with Crippen molar-refractivity contribution in [3.63, 3.8) is 0 Å². The van der Waals surface area contributed by atoms with Crippen LogP contribution in [-0.2, 0) is 4.74 Å². The first kappa shape index (κ1) is 15.6. The van der Waals surface area contributed by atoms with Crippen molar-refractivity contribution < 1.29 is 14.3 Å². The first-order valence-corrected chi connectivity index (χ1v) is 7.24. The Bertz CT molecular complexity index is 497. The predicted octanol–water partition coefficient (Wildman–Crippen LogP) is 2.28. The Morgan fingerprint density at radius 2 is 2.00 bits per heavy atom. The van der Waals surface area contributed by atoms with E-state index < -0.39 is 5.60 Å². The number of nitrogens with one attached hydrogen (secondary N) is 2. The van der Waals surface area contributed by atoms with Gasteiger partial charge in [-0.15, -0.1) is 0 Å². The molecule has 116 valence electrons. The fraction of sp³-hybridized carbons (Fsp3) is 0.562. The van der Waals surface area contributed by atoms with Crippen LogP contribution in [0.5, 0.6) is 5.75 Å². The van der Waals surface area contributed by atoms with Crippen molar-refractivity contribution >= 4 is 6.09 Å². The van der Waals surface area contributed by atoms with E-state index in [1.54, 1.807) is 7.11 Å². The van der Waals surface area contributed by atoms with Gasteiger partial charge in [-0.2, -0.15) is 0 Å². The summed E-state index contributed by atoms with van der Waals surface area (Å²) >= 11 is 0. The molecule has 1 aromatic rings. The van der Waals surface area contributed by atoms with Gasteiger partial charge in [0.25, 0.3) is 0 Å². The van der Waals surface area contributed by atoms with Gasteiger partial charge in [0.05, 0.1) is 13.2 Å². The number of alkyl carbamates (subject to hydrolysis) is 1. The Balaban J connectivity index is 2.08. The topological polar surface area (TPSA) is 59.6 Å². The van der Waals surface area contributed by atoms with E-state index in [9.17, 15) is 4.79 Å². The third-order valence-electron chi connectivity index (χ3n) is 3.45. The van der Waals surface area contributed by atoms with E-state index in [2.05, 4.69) is 10.6 Å². The van der Waals surface area contributed by atoms with Crippen molar-refractivity contribution in [3.05, 3.63) is 29.8 Å². The van der Waals surface area contributed by atoms with Gasteiger partial charge in [-0.25, -0.2) is 4.79 Å². The Morgan fingerprint density at radius 3 is 2.67 bits per heavy atom. The van der Waals surface area contributed by atoms with Crippen LogP contribution in [0.3, 0.4) is 0 Å². The number of ether oxygens (including phenoxy) is 2. The Hall–Kier alpha value is -1.75. The lowest BCUT2D eigenvalue weighted by atomic mass is 9.93. The molecule has 21 heavy (non-hydrogen) atoms. The number of rotatable bonds is 3. The van der Waals surface area contributed by atoms with Crippen molar-refractivity contribution in [3.8, 4) is 5.75 Å². The molecule has 2 atom stereocenters. The second-order valence-electron chi connectivity index (χ2n) is 6.26. The monoisotopic (exact) mass is 292 g/mol. The Morgan fingerprint density at radius 1 is 1.29 bits per heavy atom. The molecule has 1 aliphatic heterocycles. The van der Waals surface area contributed by atoms with Crippen LogP contribution in [0.1, 0.15) is 32.3 Å². The lowest BCUT2D eigenvalue weighted by Gasteiger charge is -2.25. The molecule has 5 nitrogen and oxygen atoms in total. The lowest BCUT2D eigenvalue weighted by Crippen LogP contribution is -2.42. The third kappa shape index (κ3) is 4.11. The summed E-state index contributed by atoms with van der Waals surface area (Å²) in [4.78, 5) is 12.0. The quantitative estimate of drug-likeness (QED) is 0.897. The standard InChI is InChI=1S/C16H24N2O3/c1-16(2,3)21-15(19)18-13-10-17-9-12(13)11-7-5-6-8-14(11)20-4/h5-8,12-13,17H,9-10H2,1-4H3,(H,18,19)/t12-,13+/m0/s1. The highest BCUT2D eigenvalue weighted by Crippen LogP contribution is 2.30. The average molecular weight is 292 g/mol. The molecule has 0 unspecified atom stereocenters. The van der Waals surface area contributed by atoms with Crippen LogP contribution >= 0.6 is 0 Å². The molecule has 1 amide bonds. The normalized spacial score (nSPS) is 21.9. The van der Waals surface area contributed by atoms with E-state index in [-0.39, 0.29) is 18.1 Å². The molecular weight excluding hydrogens is 268 g/mol. The number of hydrogen-bond acceptors (Lipinski definition) is 4. The SMILES string of the molecule is COc1ccccc1[C@@H]1CNC[C@H]1NC(=O)OC(C)(C)C. The smallest absolute Gasteiger partial charge is 0.407 e. The number of para-hydroxylation sites is 1. The van der Waals surface area contributed by atoms with Gasteiger partial charge >= 0.3 is 6.09 Å². The van der Waals surface area contributed by atoms with Crippen molar-refractivity contribution in [2.75, 3.05) is 20.2 Å². The van der Waals surface area contributed by atoms with Crippen LogP contribution in [0.25, 0.3) is 0 Å². The van der Waals surface area contributed by atoms with E-state index in [1.165, 1.54) is 0 Å². The van der Waals surface area contributed by atoms with Crippen molar-refractivity contribution in [2.45, 2.75) is 38.3 Å². The zero-order valence-electron chi connectivity index (χ0n) is 13.1. The maximum absolute atomic E-state index is 12.0. The molecule has 2 N–H and O–H groups in total. The van der Waals surface area contributed by atoms with Crippen molar-refractivity contribution in [1.82, 2.24) is 10.6 Å². The molecule has 1 heterocycles. The fourth-order valence-corrected chi connectivity index (χ4v) is 2.59. The van der Waals surface area contributed by atoms with Gasteiger partial charge < -0.3 is 20.1 Å². The first-order valence-electron chi connectivity index (χ1n) is 7.24. The summed E-state index contributed by atoms with van der Waals surface area (Å²) in [5, 5.41) is 6.27. The highest BCUT2D eigenvalue weighted by molar-refractivity contribution is 5.68. The number of carbonyl (C=O) groups excluding carboxylic acids is 1. The molecule has 0 bridgehead atoms. The highest BCUT2D eigenvalue weighted by atomic mass is 16.6. The molecule has 1 aliphatic rings. The molecule has 0 spiro atoms. The van der Waals surface area contributed by atoms with Crippen LogP contribution in [0, 0.1) is 0 Å². The highest BCUT2D eigenvalue weighted by Gasteiger charge is 2.32. The summed E-state index contributed by atoms with van der Waals surface area (Å²) in [5.41, 5.74) is 0.613. The lowest BCUT2D eigenvalue weighted by molar-refractivity contribution is 0.0504. The molecule has 0 radical (unpaired) electrons. The van der Waals surface area contributed by atoms with Crippen LogP contribution < -0.4 is 15.4 Å². The summed E-state index contributed by atoms with van der Waals surface area (Å²) in [6, 6.07) is 7.91. The molecule has 0 saturated carbocycles. The molecular formula is C16H24N2O3. The molecule has 1 saturated heterocycles. The number of methoxy groups -OCH3 is 1. The summed E-state index contributed by atoms with van der Waals surface area (Å²) in [6.07, 6.45) is -0.379. The fourth-order valence-electron chi connectivity index (χ4n) is 2.59. The van der Waals surface area contributed by atoms with Gasteiger partial charge in [-0.3, -0.25) is 0 Å². The molecule has 1 aromatic carbocycles. The number of hydrogen-bond donors (Lipinski definition) is 2. The minimum Gasteiger partial charge on any atom is -0.496 e. The largest absolute Gasteiger partial charge is 0.496 e. The van der Waals surface area contributed by atoms with Gasteiger partial charge in [0.15, 0.2) is 0 Å². The maximum Gasteiger partial charge on any atom is 0.407 e. The van der Waals surface area contributed by atoms with Crippen molar-refractivity contribution in [2.24, 2.45) is 0 Å². The minimum absolute atomic E-state index is 0.00356. The number of carbonyl (C=O) groups is 1. The number of amides is 1. The van der Waals surface area contributed by atoms with E-state index in [1.807, 2.05) is 45.0 Å². The Labute approximate surface area is 126 Å².